The van der Waals surface area contributed by atoms with Crippen LogP contribution in [0.4, 0.5) is 10.3 Å². The summed E-state index contributed by atoms with van der Waals surface area (Å²) in [4.78, 5) is 20.1. The van der Waals surface area contributed by atoms with E-state index >= 15 is 0 Å². The number of ether oxygens (including phenoxy) is 1. The van der Waals surface area contributed by atoms with Gasteiger partial charge in [0.2, 0.25) is 5.95 Å². The van der Waals surface area contributed by atoms with E-state index in [1.807, 2.05) is 0 Å². The average Bonchev–Trinajstić information content (AvgIpc) is 2.76. The number of aliphatic hydroxyl groups excluding tert-OH is 1. The first-order valence-corrected chi connectivity index (χ1v) is 9.51. The predicted molar refractivity (Wildman–Crippen MR) is 115 cm³/mol. The Morgan fingerprint density at radius 3 is 2.47 bits per heavy atom. The van der Waals surface area contributed by atoms with Crippen LogP contribution in [-0.2, 0) is 7.05 Å². The van der Waals surface area contributed by atoms with Gasteiger partial charge in [0.25, 0.3) is 5.56 Å². The van der Waals surface area contributed by atoms with Crippen molar-refractivity contribution in [3.8, 4) is 24.3 Å². The summed E-state index contributed by atoms with van der Waals surface area (Å²) >= 11 is 0. The molecule has 2 heterocycles. The van der Waals surface area contributed by atoms with Crippen molar-refractivity contribution in [2.45, 2.75) is 38.2 Å². The monoisotopic (exact) mass is 412 g/mol. The van der Waals surface area contributed by atoms with Crippen molar-refractivity contribution in [1.82, 2.24) is 14.5 Å². The fraction of sp³-hybridized carbons (Fsp3) is 0.318. The molecule has 4 rings (SSSR count). The second-order valence-corrected chi connectivity index (χ2v) is 6.70. The molecule has 1 fully saturated rings. The maximum Gasteiger partial charge on any atom is 0.294 e. The van der Waals surface area contributed by atoms with Crippen molar-refractivity contribution in [1.29, 1.82) is 0 Å². The Balaban J connectivity index is 0.000000299. The highest BCUT2D eigenvalue weighted by Crippen LogP contribution is 2.23. The molecule has 0 unspecified atom stereocenters. The van der Waals surface area contributed by atoms with Gasteiger partial charge in [0.15, 0.2) is 17.3 Å². The van der Waals surface area contributed by atoms with E-state index in [1.54, 1.807) is 6.07 Å². The van der Waals surface area contributed by atoms with Crippen LogP contribution in [0.2, 0.25) is 0 Å². The SMILES string of the molecule is C#C.Cn1c(=O)c(Oc2ccccc2F)cc2cnc(N)nc21.OC1CCCCC1. The van der Waals surface area contributed by atoms with Gasteiger partial charge in [-0.25, -0.2) is 9.37 Å². The van der Waals surface area contributed by atoms with Gasteiger partial charge in [-0.2, -0.15) is 4.98 Å². The molecule has 0 spiro atoms. The third kappa shape index (κ3) is 5.78. The predicted octanol–water partition coefficient (Wildman–Crippen LogP) is 3.40. The molecule has 1 aliphatic carbocycles. The van der Waals surface area contributed by atoms with Gasteiger partial charge in [-0.3, -0.25) is 9.36 Å². The molecule has 1 saturated carbocycles. The number of hydrogen-bond acceptors (Lipinski definition) is 6. The number of rotatable bonds is 2. The number of halogens is 1. The van der Waals surface area contributed by atoms with Crippen molar-refractivity contribution in [3.63, 3.8) is 0 Å². The first kappa shape index (κ1) is 22.8. The Bertz CT molecular complexity index is 1060. The van der Waals surface area contributed by atoms with Gasteiger partial charge >= 0.3 is 0 Å². The van der Waals surface area contributed by atoms with E-state index in [-0.39, 0.29) is 23.6 Å². The molecular formula is C22H25FN4O3. The molecule has 30 heavy (non-hydrogen) atoms. The summed E-state index contributed by atoms with van der Waals surface area (Å²) in [5.41, 5.74) is 5.45. The first-order valence-electron chi connectivity index (χ1n) is 9.51. The number of benzene rings is 1. The van der Waals surface area contributed by atoms with E-state index in [9.17, 15) is 9.18 Å². The van der Waals surface area contributed by atoms with Crippen LogP contribution in [0, 0.1) is 18.7 Å². The molecule has 0 radical (unpaired) electrons. The summed E-state index contributed by atoms with van der Waals surface area (Å²) in [6.45, 7) is 0. The summed E-state index contributed by atoms with van der Waals surface area (Å²) in [6, 6.07) is 7.32. The maximum atomic E-state index is 13.6. The second kappa shape index (κ2) is 10.9. The lowest BCUT2D eigenvalue weighted by Crippen LogP contribution is -2.19. The molecule has 1 aliphatic rings. The lowest BCUT2D eigenvalue weighted by molar-refractivity contribution is 0.130. The lowest BCUT2D eigenvalue weighted by atomic mass is 9.98. The number of hydrogen-bond donors (Lipinski definition) is 2. The minimum absolute atomic E-state index is 0.0107. The third-order valence-electron chi connectivity index (χ3n) is 4.57. The van der Waals surface area contributed by atoms with E-state index in [4.69, 9.17) is 15.6 Å². The van der Waals surface area contributed by atoms with Crippen molar-refractivity contribution in [3.05, 3.63) is 52.7 Å². The highest BCUT2D eigenvalue weighted by Gasteiger charge is 2.12. The molecule has 1 aromatic carbocycles. The normalized spacial score (nSPS) is 13.5. The summed E-state index contributed by atoms with van der Waals surface area (Å²) in [6.07, 6.45) is 15.4. The number of nitrogen functional groups attached to an aromatic ring is 1. The molecule has 7 nitrogen and oxygen atoms in total. The molecular weight excluding hydrogens is 387 g/mol. The van der Waals surface area contributed by atoms with Gasteiger partial charge in [0, 0.05) is 18.6 Å². The molecule has 158 valence electrons. The van der Waals surface area contributed by atoms with Crippen molar-refractivity contribution >= 4 is 17.0 Å². The standard InChI is InChI=1S/C14H11FN4O2.C6H12O.C2H2/c1-19-12-8(7-17-14(16)18-12)6-11(13(19)20)21-10-5-3-2-4-9(10)15;7-6-4-2-1-3-5-6;1-2/h2-7H,1H3,(H2,16,17,18);6-7H,1-5H2;1-2H. The van der Waals surface area contributed by atoms with E-state index in [2.05, 4.69) is 22.8 Å². The van der Waals surface area contributed by atoms with Crippen LogP contribution in [0.1, 0.15) is 32.1 Å². The van der Waals surface area contributed by atoms with E-state index in [0.717, 1.165) is 12.8 Å². The zero-order valence-corrected chi connectivity index (χ0v) is 16.8. The van der Waals surface area contributed by atoms with Crippen LogP contribution in [0.25, 0.3) is 11.0 Å². The Hall–Kier alpha value is -3.44. The number of para-hydroxylation sites is 1. The largest absolute Gasteiger partial charge is 0.448 e. The van der Waals surface area contributed by atoms with Crippen LogP contribution >= 0.6 is 0 Å². The number of pyridine rings is 1. The average molecular weight is 412 g/mol. The zero-order chi connectivity index (χ0) is 22.1. The molecule has 3 N–H and O–H groups in total. The Morgan fingerprint density at radius 1 is 1.20 bits per heavy atom. The number of nitrogens with zero attached hydrogens (tertiary/aromatic N) is 3. The second-order valence-electron chi connectivity index (χ2n) is 6.70. The van der Waals surface area contributed by atoms with Gasteiger partial charge in [0.1, 0.15) is 5.65 Å². The number of aryl methyl sites for hydroxylation is 1. The molecule has 0 aliphatic heterocycles. The summed E-state index contributed by atoms with van der Waals surface area (Å²) < 4.78 is 20.2. The molecule has 0 saturated heterocycles. The number of nitrogens with two attached hydrogens (primary N) is 1. The zero-order valence-electron chi connectivity index (χ0n) is 16.8. The van der Waals surface area contributed by atoms with Crippen LogP contribution in [-0.4, -0.2) is 25.7 Å². The molecule has 0 bridgehead atoms. The fourth-order valence-corrected chi connectivity index (χ4v) is 3.03. The summed E-state index contributed by atoms with van der Waals surface area (Å²) in [5.74, 6) is -0.512. The Morgan fingerprint density at radius 2 is 1.87 bits per heavy atom. The molecule has 3 aromatic rings. The Kier molecular flexibility index (Phi) is 8.32. The van der Waals surface area contributed by atoms with Crippen LogP contribution in [0.15, 0.2) is 41.3 Å². The van der Waals surface area contributed by atoms with Crippen molar-refractivity contribution < 1.29 is 14.2 Å². The van der Waals surface area contributed by atoms with Gasteiger partial charge in [0.05, 0.1) is 6.10 Å². The third-order valence-corrected chi connectivity index (χ3v) is 4.57. The molecule has 0 amide bonds. The van der Waals surface area contributed by atoms with Gasteiger partial charge in [-0.1, -0.05) is 31.4 Å². The lowest BCUT2D eigenvalue weighted by Gasteiger charge is -2.14. The number of anilines is 1. The highest BCUT2D eigenvalue weighted by molar-refractivity contribution is 5.76. The Labute approximate surface area is 174 Å². The van der Waals surface area contributed by atoms with Crippen LogP contribution < -0.4 is 16.0 Å². The van der Waals surface area contributed by atoms with Crippen molar-refractivity contribution in [2.24, 2.45) is 7.05 Å². The summed E-state index contributed by atoms with van der Waals surface area (Å²) in [5, 5.41) is 9.48. The smallest absolute Gasteiger partial charge is 0.294 e. The number of terminal acetylenes is 1. The molecule has 0 atom stereocenters. The van der Waals surface area contributed by atoms with E-state index < -0.39 is 11.4 Å². The van der Waals surface area contributed by atoms with Crippen molar-refractivity contribution in [2.75, 3.05) is 5.73 Å². The van der Waals surface area contributed by atoms with Crippen LogP contribution in [0.5, 0.6) is 11.5 Å². The fourth-order valence-electron chi connectivity index (χ4n) is 3.03. The topological polar surface area (TPSA) is 103 Å². The van der Waals surface area contributed by atoms with Gasteiger partial charge in [-0.15, -0.1) is 12.8 Å². The molecule has 2 aromatic heterocycles. The number of aliphatic hydroxyl groups is 1. The van der Waals surface area contributed by atoms with Gasteiger partial charge < -0.3 is 15.6 Å². The quantitative estimate of drug-likeness (QED) is 0.626. The number of aromatic nitrogens is 3. The summed E-state index contributed by atoms with van der Waals surface area (Å²) in [7, 11) is 1.53. The van der Waals surface area contributed by atoms with Gasteiger partial charge in [-0.05, 0) is 31.0 Å². The van der Waals surface area contributed by atoms with E-state index in [0.29, 0.717) is 11.0 Å². The maximum absolute atomic E-state index is 13.6. The first-order chi connectivity index (χ1) is 14.5. The minimum atomic E-state index is -0.548. The minimum Gasteiger partial charge on any atom is -0.448 e. The van der Waals surface area contributed by atoms with E-state index in [1.165, 1.54) is 61.3 Å². The van der Waals surface area contributed by atoms with Crippen LogP contribution in [0.3, 0.4) is 0 Å². The number of fused-ring (bicyclic) bond motifs is 1. The molecule has 8 heteroatoms. The highest BCUT2D eigenvalue weighted by atomic mass is 19.1.